The van der Waals surface area contributed by atoms with Gasteiger partial charge in [-0.25, -0.2) is 0 Å². The minimum atomic E-state index is 0.373. The first kappa shape index (κ1) is 45.2. The maximum atomic E-state index is 12.7. The Balaban J connectivity index is 1.16. The molecule has 8 heteroatoms. The number of para-hydroxylation sites is 6. The molecule has 0 spiro atoms. The van der Waals surface area contributed by atoms with E-state index in [4.69, 9.17) is 0 Å². The minimum absolute atomic E-state index is 0.373. The van der Waals surface area contributed by atoms with Gasteiger partial charge < -0.3 is 18.3 Å². The summed E-state index contributed by atoms with van der Waals surface area (Å²) in [7, 11) is 0. The average Bonchev–Trinajstić information content (AvgIpc) is 1.91. The van der Waals surface area contributed by atoms with Crippen molar-refractivity contribution >= 4 is 150 Å². The van der Waals surface area contributed by atoms with Crippen LogP contribution in [0.2, 0.25) is 0 Å². The summed E-state index contributed by atoms with van der Waals surface area (Å²) < 4.78 is 14.1. The molecule has 6 nitrogen and oxygen atoms in total. The van der Waals surface area contributed by atoms with Crippen molar-refractivity contribution in [3.63, 3.8) is 0 Å². The highest BCUT2D eigenvalue weighted by Gasteiger charge is 2.35. The Labute approximate surface area is 475 Å². The van der Waals surface area contributed by atoms with Crippen molar-refractivity contribution in [1.29, 1.82) is 10.5 Å². The molecule has 6 heterocycles. The van der Waals surface area contributed by atoms with Crippen LogP contribution < -0.4 is 0 Å². The van der Waals surface area contributed by atoms with Crippen LogP contribution in [0.3, 0.4) is 0 Å². The number of fused-ring (bicyclic) bond motifs is 19. The lowest BCUT2D eigenvalue weighted by atomic mass is 9.95. The van der Waals surface area contributed by atoms with Gasteiger partial charge in [-0.3, -0.25) is 0 Å². The van der Waals surface area contributed by atoms with Gasteiger partial charge in [-0.2, -0.15) is 10.5 Å². The Hall–Kier alpha value is -10.7. The van der Waals surface area contributed by atoms with Crippen LogP contribution in [0, 0.1) is 22.7 Å². The fourth-order valence-electron chi connectivity index (χ4n) is 14.1. The first-order valence-electron chi connectivity index (χ1n) is 27.5. The second-order valence-electron chi connectivity index (χ2n) is 21.2. The van der Waals surface area contributed by atoms with Crippen molar-refractivity contribution in [3.8, 4) is 46.0 Å². The Bertz CT molecular complexity index is 5630. The number of nitrogens with zero attached hydrogens (tertiary/aromatic N) is 6. The van der Waals surface area contributed by atoms with Crippen molar-refractivity contribution < 1.29 is 0 Å². The van der Waals surface area contributed by atoms with E-state index in [9.17, 15) is 10.5 Å². The number of hydrogen-bond acceptors (Lipinski definition) is 4. The molecule has 378 valence electrons. The van der Waals surface area contributed by atoms with E-state index in [1.165, 1.54) is 30.3 Å². The molecule has 82 heavy (non-hydrogen) atoms. The fraction of sp³-hybridized carbons (Fsp3) is 0. The van der Waals surface area contributed by atoms with Crippen LogP contribution in [0.15, 0.2) is 243 Å². The Morgan fingerprint density at radius 1 is 0.256 bits per heavy atom. The van der Waals surface area contributed by atoms with Gasteiger partial charge >= 0.3 is 0 Å². The molecule has 0 bridgehead atoms. The van der Waals surface area contributed by atoms with Gasteiger partial charge in [-0.1, -0.05) is 182 Å². The highest BCUT2D eigenvalue weighted by atomic mass is 32.1. The fourth-order valence-corrected chi connectivity index (χ4v) is 16.4. The quantitative estimate of drug-likeness (QED) is 0.172. The smallest absolute Gasteiger partial charge is 0.104 e. The van der Waals surface area contributed by atoms with Crippen LogP contribution in [0.1, 0.15) is 11.1 Å². The van der Waals surface area contributed by atoms with E-state index in [1.807, 2.05) is 11.3 Å². The van der Waals surface area contributed by atoms with Crippen LogP contribution >= 0.6 is 22.7 Å². The molecule has 0 aliphatic heterocycles. The molecule has 0 N–H and O–H groups in total. The largest absolute Gasteiger partial charge is 0.306 e. The van der Waals surface area contributed by atoms with Crippen molar-refractivity contribution in [1.82, 2.24) is 18.3 Å². The van der Waals surface area contributed by atoms with Crippen LogP contribution in [0.4, 0.5) is 0 Å². The van der Waals surface area contributed by atoms with Gasteiger partial charge in [0.2, 0.25) is 0 Å². The molecule has 0 fully saturated rings. The van der Waals surface area contributed by atoms with Crippen LogP contribution in [-0.2, 0) is 0 Å². The molecule has 0 radical (unpaired) electrons. The lowest BCUT2D eigenvalue weighted by molar-refractivity contribution is 1.02. The summed E-state index contributed by atoms with van der Waals surface area (Å²) in [4.78, 5) is 0. The van der Waals surface area contributed by atoms with Gasteiger partial charge in [-0.15, -0.1) is 22.7 Å². The molecule has 0 atom stereocenters. The minimum Gasteiger partial charge on any atom is -0.306 e. The van der Waals surface area contributed by atoms with Gasteiger partial charge in [0.25, 0.3) is 0 Å². The molecule has 18 rings (SSSR count). The Morgan fingerprint density at radius 3 is 1.11 bits per heavy atom. The van der Waals surface area contributed by atoms with E-state index < -0.39 is 0 Å². The molecule has 0 aliphatic carbocycles. The second kappa shape index (κ2) is 16.9. The van der Waals surface area contributed by atoms with Crippen LogP contribution in [-0.4, -0.2) is 18.3 Å². The maximum Gasteiger partial charge on any atom is 0.104 e. The van der Waals surface area contributed by atoms with Crippen molar-refractivity contribution in [2.45, 2.75) is 0 Å². The van der Waals surface area contributed by atoms with Crippen molar-refractivity contribution in [2.75, 3.05) is 0 Å². The van der Waals surface area contributed by atoms with E-state index >= 15 is 0 Å². The van der Waals surface area contributed by atoms with Gasteiger partial charge in [0.1, 0.15) is 23.3 Å². The molecule has 18 aromatic rings. The molecule has 12 aromatic carbocycles. The zero-order chi connectivity index (χ0) is 53.9. The first-order chi connectivity index (χ1) is 40.7. The zero-order valence-electron chi connectivity index (χ0n) is 43.6. The summed E-state index contributed by atoms with van der Waals surface area (Å²) in [5.41, 5.74) is 13.1. The van der Waals surface area contributed by atoms with Crippen LogP contribution in [0.5, 0.6) is 0 Å². The first-order valence-corrected chi connectivity index (χ1v) is 29.1. The molecule has 0 saturated heterocycles. The van der Waals surface area contributed by atoms with Gasteiger partial charge in [0.15, 0.2) is 0 Å². The van der Waals surface area contributed by atoms with E-state index in [-0.39, 0.29) is 0 Å². The number of thiophene rings is 2. The third kappa shape index (κ3) is 5.88. The molecular formula is C74H40N6S2. The summed E-state index contributed by atoms with van der Waals surface area (Å²) in [6, 6.07) is 92.5. The number of nitriles is 2. The normalized spacial score (nSPS) is 12.1. The number of aromatic nitrogens is 4. The Morgan fingerprint density at radius 2 is 0.622 bits per heavy atom. The SMILES string of the molecule is N#Cc1c(-n2c3ccccc3c3ccccc32)c(C#N)c(-n2c3ccccc3c3ccccc32)c(-n2c3cccc(-c4cccc5sc6ccccc6c45)c3c3ccc4c5ccccc5sc4c32)c1-n1c2ccccc2c2ccccc21. The molecule has 6 aromatic heterocycles. The maximum absolute atomic E-state index is 12.7. The summed E-state index contributed by atoms with van der Waals surface area (Å²) in [6.45, 7) is 0. The monoisotopic (exact) mass is 1080 g/mol. The van der Waals surface area contributed by atoms with Crippen molar-refractivity contribution in [2.24, 2.45) is 0 Å². The molecular weight excluding hydrogens is 1040 g/mol. The lowest BCUT2D eigenvalue weighted by Crippen LogP contribution is -2.17. The van der Waals surface area contributed by atoms with Gasteiger partial charge in [-0.05, 0) is 71.8 Å². The highest BCUT2D eigenvalue weighted by Crippen LogP contribution is 2.53. The topological polar surface area (TPSA) is 67.3 Å². The Kier molecular flexibility index (Phi) is 9.30. The van der Waals surface area contributed by atoms with Crippen LogP contribution in [0.25, 0.3) is 161 Å². The molecule has 0 aliphatic rings. The predicted octanol–water partition coefficient (Wildman–Crippen LogP) is 20.2. The lowest BCUT2D eigenvalue weighted by Gasteiger charge is -2.27. The molecule has 0 unspecified atom stereocenters. The summed E-state index contributed by atoms with van der Waals surface area (Å²) >= 11 is 3.62. The number of rotatable bonds is 5. The van der Waals surface area contributed by atoms with Gasteiger partial charge in [0, 0.05) is 78.7 Å². The summed E-state index contributed by atoms with van der Waals surface area (Å²) in [5.74, 6) is 0. The molecule has 0 saturated carbocycles. The van der Waals surface area contributed by atoms with E-state index in [1.54, 1.807) is 11.3 Å². The predicted molar refractivity (Wildman–Crippen MR) is 344 cm³/mol. The van der Waals surface area contributed by atoms with E-state index in [2.05, 4.69) is 273 Å². The third-order valence-electron chi connectivity index (χ3n) is 17.2. The second-order valence-corrected chi connectivity index (χ2v) is 23.4. The summed E-state index contributed by atoms with van der Waals surface area (Å²) in [6.07, 6.45) is 0. The zero-order valence-corrected chi connectivity index (χ0v) is 45.2. The molecule has 0 amide bonds. The standard InChI is InChI=1S/C74H40N6S2/c75-41-55-69(77-57-29-9-1-19-43(57)44-20-2-10-30-58(44)77)56(42-76)71(79-61-33-13-5-23-47(61)48-24-6-14-34-62(48)79)73(70(55)78-59-31-11-3-21-45(59)46-22-4-12-32-60(46)78)80-63-35-17-27-50(51-28-18-38-66-68(51)53-26-8-16-37-65(53)81-66)67(63)54-40-39-52-49-25-7-15-36-64(49)82-74(52)72(54)80/h1-40H. The average molecular weight is 1080 g/mol. The van der Waals surface area contributed by atoms with E-state index in [0.717, 1.165) is 114 Å². The van der Waals surface area contributed by atoms with E-state index in [0.29, 0.717) is 28.2 Å². The third-order valence-corrected chi connectivity index (χ3v) is 19.6. The van der Waals surface area contributed by atoms with Gasteiger partial charge in [0.05, 0.1) is 71.6 Å². The summed E-state index contributed by atoms with van der Waals surface area (Å²) in [5, 5.41) is 38.7. The highest BCUT2D eigenvalue weighted by molar-refractivity contribution is 7.27. The van der Waals surface area contributed by atoms with Crippen molar-refractivity contribution in [3.05, 3.63) is 254 Å². The number of benzene rings is 12. The number of hydrogen-bond donors (Lipinski definition) is 0.